The van der Waals surface area contributed by atoms with Gasteiger partial charge < -0.3 is 10.1 Å². The summed E-state index contributed by atoms with van der Waals surface area (Å²) < 4.78 is 4.87. The van der Waals surface area contributed by atoms with Crippen LogP contribution in [0.2, 0.25) is 10.0 Å². The molecule has 122 valence electrons. The van der Waals surface area contributed by atoms with Crippen molar-refractivity contribution >= 4 is 35.2 Å². The Kier molecular flexibility index (Phi) is 5.34. The zero-order valence-corrected chi connectivity index (χ0v) is 14.2. The van der Waals surface area contributed by atoms with E-state index in [4.69, 9.17) is 27.9 Å². The lowest BCUT2D eigenvalue weighted by atomic mass is 9.95. The molecule has 0 aromatic heterocycles. The highest BCUT2D eigenvalue weighted by molar-refractivity contribution is 6.42. The number of hydrogen-bond donors (Lipinski definition) is 1. The van der Waals surface area contributed by atoms with Gasteiger partial charge in [0.1, 0.15) is 0 Å². The predicted octanol–water partition coefficient (Wildman–Crippen LogP) is 3.69. The summed E-state index contributed by atoms with van der Waals surface area (Å²) in [5.41, 5.74) is 1.32. The molecule has 1 heterocycles. The van der Waals surface area contributed by atoms with Gasteiger partial charge in [-0.05, 0) is 18.6 Å². The summed E-state index contributed by atoms with van der Waals surface area (Å²) in [5.74, 6) is -0.544. The highest BCUT2D eigenvalue weighted by atomic mass is 35.5. The van der Waals surface area contributed by atoms with Crippen LogP contribution in [0.4, 0.5) is 4.79 Å². The second-order valence-electron chi connectivity index (χ2n) is 4.92. The van der Waals surface area contributed by atoms with Crippen LogP contribution in [0.25, 0.3) is 0 Å². The van der Waals surface area contributed by atoms with Crippen LogP contribution < -0.4 is 5.32 Å². The van der Waals surface area contributed by atoms with Crippen molar-refractivity contribution in [3.8, 4) is 0 Å². The zero-order valence-electron chi connectivity index (χ0n) is 12.7. The van der Waals surface area contributed by atoms with Gasteiger partial charge in [0.2, 0.25) is 0 Å². The van der Waals surface area contributed by atoms with E-state index in [1.165, 1.54) is 12.0 Å². The molecule has 0 aliphatic carbocycles. The second kappa shape index (κ2) is 7.06. The number of ether oxygens (including phenoxy) is 1. The second-order valence-corrected chi connectivity index (χ2v) is 5.70. The molecular formula is C16H16Cl2N2O3. The van der Waals surface area contributed by atoms with Gasteiger partial charge in [0, 0.05) is 12.2 Å². The van der Waals surface area contributed by atoms with E-state index < -0.39 is 12.0 Å². The first-order valence-corrected chi connectivity index (χ1v) is 7.59. The molecule has 1 aromatic carbocycles. The molecule has 1 unspecified atom stereocenters. The Morgan fingerprint density at radius 2 is 2.17 bits per heavy atom. The number of urea groups is 1. The third-order valence-corrected chi connectivity index (χ3v) is 4.44. The first-order chi connectivity index (χ1) is 10.9. The third kappa shape index (κ3) is 3.21. The minimum Gasteiger partial charge on any atom is -0.466 e. The highest BCUT2D eigenvalue weighted by Gasteiger charge is 2.36. The van der Waals surface area contributed by atoms with Gasteiger partial charge in [0.15, 0.2) is 0 Å². The standard InChI is InChI=1S/C16H16Cl2N2O3/c1-4-8-20-9(2)12(15(21)23-3)14(19-16(20)22)10-6-5-7-11(17)13(10)18/h4-7,14H,1,8H2,2-3H3,(H,19,22). The van der Waals surface area contributed by atoms with Crippen LogP contribution in [0.5, 0.6) is 0 Å². The quantitative estimate of drug-likeness (QED) is 0.662. The predicted molar refractivity (Wildman–Crippen MR) is 89.4 cm³/mol. The molecule has 7 heteroatoms. The van der Waals surface area contributed by atoms with Crippen molar-refractivity contribution in [2.24, 2.45) is 0 Å². The smallest absolute Gasteiger partial charge is 0.337 e. The van der Waals surface area contributed by atoms with Crippen LogP contribution in [-0.2, 0) is 9.53 Å². The van der Waals surface area contributed by atoms with Gasteiger partial charge in [0.25, 0.3) is 0 Å². The molecule has 23 heavy (non-hydrogen) atoms. The molecule has 1 aliphatic heterocycles. The molecule has 0 saturated carbocycles. The van der Waals surface area contributed by atoms with Crippen molar-refractivity contribution in [1.29, 1.82) is 0 Å². The fraction of sp³-hybridized carbons (Fsp3) is 0.250. The Morgan fingerprint density at radius 1 is 1.48 bits per heavy atom. The van der Waals surface area contributed by atoms with E-state index >= 15 is 0 Å². The lowest BCUT2D eigenvalue weighted by molar-refractivity contribution is -0.136. The average molecular weight is 355 g/mol. The first kappa shape index (κ1) is 17.4. The van der Waals surface area contributed by atoms with E-state index in [1.807, 2.05) is 0 Å². The number of methoxy groups -OCH3 is 1. The number of hydrogen-bond acceptors (Lipinski definition) is 3. The van der Waals surface area contributed by atoms with Crippen molar-refractivity contribution in [2.45, 2.75) is 13.0 Å². The maximum Gasteiger partial charge on any atom is 0.337 e. The van der Waals surface area contributed by atoms with Gasteiger partial charge >= 0.3 is 12.0 Å². The third-order valence-electron chi connectivity index (χ3n) is 3.61. The summed E-state index contributed by atoms with van der Waals surface area (Å²) in [4.78, 5) is 26.0. The van der Waals surface area contributed by atoms with E-state index in [9.17, 15) is 9.59 Å². The molecule has 0 saturated heterocycles. The summed E-state index contributed by atoms with van der Waals surface area (Å²) in [6.45, 7) is 5.57. The number of rotatable bonds is 4. The first-order valence-electron chi connectivity index (χ1n) is 6.84. The van der Waals surface area contributed by atoms with E-state index in [0.717, 1.165) is 0 Å². The molecule has 1 aromatic rings. The van der Waals surface area contributed by atoms with Crippen LogP contribution in [0.15, 0.2) is 42.1 Å². The Labute approximate surface area is 144 Å². The van der Waals surface area contributed by atoms with Crippen LogP contribution in [0.3, 0.4) is 0 Å². The van der Waals surface area contributed by atoms with Gasteiger partial charge in [0.05, 0.1) is 28.8 Å². The summed E-state index contributed by atoms with van der Waals surface area (Å²) in [7, 11) is 1.29. The van der Waals surface area contributed by atoms with Gasteiger partial charge in [-0.1, -0.05) is 41.4 Å². The molecule has 0 radical (unpaired) electrons. The van der Waals surface area contributed by atoms with Crippen molar-refractivity contribution in [3.05, 3.63) is 57.7 Å². The van der Waals surface area contributed by atoms with Crippen molar-refractivity contribution in [2.75, 3.05) is 13.7 Å². The molecule has 0 fully saturated rings. The number of amides is 2. The maximum absolute atomic E-state index is 12.3. The lowest BCUT2D eigenvalue weighted by Gasteiger charge is -2.35. The van der Waals surface area contributed by atoms with Gasteiger partial charge in [-0.2, -0.15) is 0 Å². The summed E-state index contributed by atoms with van der Waals surface area (Å²) in [6.07, 6.45) is 1.57. The van der Waals surface area contributed by atoms with E-state index in [1.54, 1.807) is 31.2 Å². The fourth-order valence-electron chi connectivity index (χ4n) is 2.48. The normalized spacial score (nSPS) is 17.8. The van der Waals surface area contributed by atoms with Gasteiger partial charge in [-0.3, -0.25) is 4.90 Å². The highest BCUT2D eigenvalue weighted by Crippen LogP contribution is 2.37. The number of allylic oxidation sites excluding steroid dienone is 1. The van der Waals surface area contributed by atoms with E-state index in [2.05, 4.69) is 11.9 Å². The van der Waals surface area contributed by atoms with E-state index in [0.29, 0.717) is 21.9 Å². The number of carbonyl (C=O) groups excluding carboxylic acids is 2. The van der Waals surface area contributed by atoms with Gasteiger partial charge in [-0.25, -0.2) is 9.59 Å². The molecule has 1 aliphatic rings. The van der Waals surface area contributed by atoms with Crippen molar-refractivity contribution in [3.63, 3.8) is 0 Å². The minimum atomic E-state index is -0.734. The van der Waals surface area contributed by atoms with Crippen LogP contribution in [0.1, 0.15) is 18.5 Å². The maximum atomic E-state index is 12.3. The molecule has 1 atom stereocenters. The lowest BCUT2D eigenvalue weighted by Crippen LogP contribution is -2.48. The largest absolute Gasteiger partial charge is 0.466 e. The molecular weight excluding hydrogens is 339 g/mol. The summed E-state index contributed by atoms with van der Waals surface area (Å²) >= 11 is 12.3. The molecule has 2 amide bonds. The summed E-state index contributed by atoms with van der Waals surface area (Å²) in [5, 5.41) is 3.39. The molecule has 1 N–H and O–H groups in total. The monoisotopic (exact) mass is 354 g/mol. The Balaban J connectivity index is 2.62. The topological polar surface area (TPSA) is 58.6 Å². The molecule has 5 nitrogen and oxygen atoms in total. The Bertz CT molecular complexity index is 701. The van der Waals surface area contributed by atoms with Crippen LogP contribution in [-0.4, -0.2) is 30.6 Å². The van der Waals surface area contributed by atoms with E-state index in [-0.39, 0.29) is 17.6 Å². The molecule has 0 bridgehead atoms. The SMILES string of the molecule is C=CCN1C(=O)NC(c2cccc(Cl)c2Cl)C(C(=O)OC)=C1C. The summed E-state index contributed by atoms with van der Waals surface area (Å²) in [6, 6.07) is 3.96. The van der Waals surface area contributed by atoms with Crippen LogP contribution >= 0.6 is 23.2 Å². The Morgan fingerprint density at radius 3 is 2.78 bits per heavy atom. The number of benzene rings is 1. The van der Waals surface area contributed by atoms with Gasteiger partial charge in [-0.15, -0.1) is 6.58 Å². The number of esters is 1. The average Bonchev–Trinajstić information content (AvgIpc) is 2.53. The number of halogens is 2. The van der Waals surface area contributed by atoms with Crippen molar-refractivity contribution < 1.29 is 14.3 Å². The number of nitrogens with zero attached hydrogens (tertiary/aromatic N) is 1. The molecule has 2 rings (SSSR count). The van der Waals surface area contributed by atoms with Crippen molar-refractivity contribution in [1.82, 2.24) is 10.2 Å². The zero-order chi connectivity index (χ0) is 17.1. The number of carbonyl (C=O) groups is 2. The number of nitrogens with one attached hydrogen (secondary N) is 1. The van der Waals surface area contributed by atoms with Crippen LogP contribution in [0, 0.1) is 0 Å². The Hall–Kier alpha value is -1.98. The molecule has 0 spiro atoms. The fourth-order valence-corrected chi connectivity index (χ4v) is 2.90. The minimum absolute atomic E-state index is 0.272.